The van der Waals surface area contributed by atoms with E-state index in [0.29, 0.717) is 5.54 Å². The lowest BCUT2D eigenvalue weighted by molar-refractivity contribution is 0.273. The van der Waals surface area contributed by atoms with Crippen LogP contribution >= 0.6 is 15.9 Å². The van der Waals surface area contributed by atoms with Crippen LogP contribution in [0.2, 0.25) is 0 Å². The Balaban J connectivity index is 1.99. The second kappa shape index (κ2) is 4.72. The van der Waals surface area contributed by atoms with Crippen molar-refractivity contribution in [1.29, 1.82) is 0 Å². The van der Waals surface area contributed by atoms with Gasteiger partial charge in [0.15, 0.2) is 5.82 Å². The first-order valence-electron chi connectivity index (χ1n) is 6.85. The van der Waals surface area contributed by atoms with E-state index in [2.05, 4.69) is 44.2 Å². The van der Waals surface area contributed by atoms with Crippen molar-refractivity contribution in [3.63, 3.8) is 0 Å². The first-order chi connectivity index (χ1) is 8.71. The molecule has 1 aliphatic carbocycles. The molecule has 98 valence electrons. The van der Waals surface area contributed by atoms with Crippen LogP contribution < -0.4 is 10.2 Å². The fraction of sp³-hybridized carbons (Fsp3) is 0.643. The van der Waals surface area contributed by atoms with Gasteiger partial charge in [0.2, 0.25) is 0 Å². The molecule has 1 aliphatic heterocycles. The fourth-order valence-corrected chi connectivity index (χ4v) is 3.78. The van der Waals surface area contributed by atoms with Crippen molar-refractivity contribution in [2.24, 2.45) is 0 Å². The number of halogens is 1. The summed E-state index contributed by atoms with van der Waals surface area (Å²) in [6.45, 7) is 1.05. The summed E-state index contributed by atoms with van der Waals surface area (Å²) in [5, 5.41) is 3.53. The van der Waals surface area contributed by atoms with E-state index >= 15 is 0 Å². The molecule has 1 aromatic heterocycles. The molecule has 3 rings (SSSR count). The van der Waals surface area contributed by atoms with Gasteiger partial charge >= 0.3 is 0 Å². The first kappa shape index (κ1) is 12.3. The zero-order valence-electron chi connectivity index (χ0n) is 10.9. The van der Waals surface area contributed by atoms with Gasteiger partial charge in [-0.25, -0.2) is 4.98 Å². The first-order valence-corrected chi connectivity index (χ1v) is 7.64. The van der Waals surface area contributed by atoms with Crippen molar-refractivity contribution in [3.8, 4) is 0 Å². The van der Waals surface area contributed by atoms with Crippen LogP contribution in [0.3, 0.4) is 0 Å². The van der Waals surface area contributed by atoms with E-state index in [0.717, 1.165) is 22.5 Å². The summed E-state index contributed by atoms with van der Waals surface area (Å²) in [6.07, 6.45) is 9.84. The lowest BCUT2D eigenvalue weighted by Gasteiger charge is -2.44. The van der Waals surface area contributed by atoms with Gasteiger partial charge in [-0.1, -0.05) is 19.3 Å². The summed E-state index contributed by atoms with van der Waals surface area (Å²) in [4.78, 5) is 7.06. The van der Waals surface area contributed by atoms with E-state index in [1.807, 2.05) is 6.20 Å². The van der Waals surface area contributed by atoms with E-state index in [1.54, 1.807) is 0 Å². The Morgan fingerprint density at radius 1 is 1.28 bits per heavy atom. The van der Waals surface area contributed by atoms with Gasteiger partial charge in [0.25, 0.3) is 0 Å². The van der Waals surface area contributed by atoms with Gasteiger partial charge in [0.1, 0.15) is 0 Å². The SMILES string of the molecule is CN1c2ncc(Br)cc2NCCC12CCCCC2. The molecule has 3 nitrogen and oxygen atoms in total. The molecule has 0 unspecified atom stereocenters. The van der Waals surface area contributed by atoms with Crippen LogP contribution in [-0.2, 0) is 0 Å². The molecule has 0 atom stereocenters. The lowest BCUT2D eigenvalue weighted by Crippen LogP contribution is -2.48. The van der Waals surface area contributed by atoms with Crippen molar-refractivity contribution in [2.45, 2.75) is 44.1 Å². The number of nitrogens with zero attached hydrogens (tertiary/aromatic N) is 2. The molecule has 0 amide bonds. The van der Waals surface area contributed by atoms with Gasteiger partial charge in [0.05, 0.1) is 5.69 Å². The second-order valence-electron chi connectivity index (χ2n) is 5.55. The molecule has 0 saturated heterocycles. The molecule has 1 spiro atoms. The minimum Gasteiger partial charge on any atom is -0.382 e. The van der Waals surface area contributed by atoms with Gasteiger partial charge < -0.3 is 10.2 Å². The van der Waals surface area contributed by atoms with Gasteiger partial charge in [-0.05, 0) is 41.3 Å². The maximum atomic E-state index is 4.63. The summed E-state index contributed by atoms with van der Waals surface area (Å²) >= 11 is 3.50. The smallest absolute Gasteiger partial charge is 0.152 e. The van der Waals surface area contributed by atoms with Gasteiger partial charge in [-0.15, -0.1) is 0 Å². The Hall–Kier alpha value is -0.770. The van der Waals surface area contributed by atoms with E-state index in [1.165, 1.54) is 38.5 Å². The van der Waals surface area contributed by atoms with Gasteiger partial charge in [0, 0.05) is 29.8 Å². The Morgan fingerprint density at radius 3 is 2.83 bits per heavy atom. The Kier molecular flexibility index (Phi) is 3.22. The molecule has 0 radical (unpaired) electrons. The van der Waals surface area contributed by atoms with Crippen LogP contribution in [0.1, 0.15) is 38.5 Å². The Bertz CT molecular complexity index is 441. The molecule has 1 N–H and O–H groups in total. The van der Waals surface area contributed by atoms with Crippen LogP contribution in [0.25, 0.3) is 0 Å². The molecule has 0 aromatic carbocycles. The largest absolute Gasteiger partial charge is 0.382 e. The number of rotatable bonds is 0. The number of pyridine rings is 1. The Labute approximate surface area is 117 Å². The van der Waals surface area contributed by atoms with Crippen LogP contribution in [-0.4, -0.2) is 24.1 Å². The molecular weight excluding hydrogens is 290 g/mol. The predicted molar refractivity (Wildman–Crippen MR) is 79.3 cm³/mol. The number of nitrogens with one attached hydrogen (secondary N) is 1. The highest BCUT2D eigenvalue weighted by Crippen LogP contribution is 2.42. The Morgan fingerprint density at radius 2 is 2.06 bits per heavy atom. The molecule has 1 aromatic rings. The predicted octanol–water partition coefficient (Wildman–Crippen LogP) is 3.80. The summed E-state index contributed by atoms with van der Waals surface area (Å²) in [6, 6.07) is 2.14. The molecule has 4 heteroatoms. The topological polar surface area (TPSA) is 28.2 Å². The average Bonchev–Trinajstić information content (AvgIpc) is 2.50. The van der Waals surface area contributed by atoms with Crippen molar-refractivity contribution in [2.75, 3.05) is 23.8 Å². The van der Waals surface area contributed by atoms with Gasteiger partial charge in [-0.2, -0.15) is 0 Å². The molecule has 1 fully saturated rings. The van der Waals surface area contributed by atoms with E-state index in [4.69, 9.17) is 0 Å². The lowest BCUT2D eigenvalue weighted by atomic mass is 9.78. The summed E-state index contributed by atoms with van der Waals surface area (Å²) in [5.74, 6) is 1.11. The minimum atomic E-state index is 0.331. The highest BCUT2D eigenvalue weighted by Gasteiger charge is 2.38. The third kappa shape index (κ3) is 2.00. The minimum absolute atomic E-state index is 0.331. The normalized spacial score (nSPS) is 22.2. The third-order valence-electron chi connectivity index (χ3n) is 4.55. The average molecular weight is 310 g/mol. The van der Waals surface area contributed by atoms with E-state index in [9.17, 15) is 0 Å². The maximum Gasteiger partial charge on any atom is 0.152 e. The molecule has 2 heterocycles. The van der Waals surface area contributed by atoms with Crippen LogP contribution in [0.4, 0.5) is 11.5 Å². The van der Waals surface area contributed by atoms with Crippen molar-refractivity contribution >= 4 is 27.4 Å². The van der Waals surface area contributed by atoms with Gasteiger partial charge in [-0.3, -0.25) is 0 Å². The quantitative estimate of drug-likeness (QED) is 0.790. The molecule has 18 heavy (non-hydrogen) atoms. The van der Waals surface area contributed by atoms with E-state index in [-0.39, 0.29) is 0 Å². The highest BCUT2D eigenvalue weighted by molar-refractivity contribution is 9.10. The van der Waals surface area contributed by atoms with Crippen LogP contribution in [0, 0.1) is 0 Å². The monoisotopic (exact) mass is 309 g/mol. The number of hydrogen-bond acceptors (Lipinski definition) is 3. The maximum absolute atomic E-state index is 4.63. The van der Waals surface area contributed by atoms with Crippen molar-refractivity contribution < 1.29 is 0 Å². The van der Waals surface area contributed by atoms with Crippen LogP contribution in [0.5, 0.6) is 0 Å². The summed E-state index contributed by atoms with van der Waals surface area (Å²) in [7, 11) is 2.22. The molecule has 1 saturated carbocycles. The standard InChI is InChI=1S/C14H20BrN3/c1-18-13-12(9-11(15)10-17-13)16-8-7-14(18)5-3-2-4-6-14/h9-10,16H,2-8H2,1H3. The molecular formula is C14H20BrN3. The zero-order valence-corrected chi connectivity index (χ0v) is 12.5. The van der Waals surface area contributed by atoms with Crippen LogP contribution in [0.15, 0.2) is 16.7 Å². The van der Waals surface area contributed by atoms with Crippen molar-refractivity contribution in [3.05, 3.63) is 16.7 Å². The summed E-state index contributed by atoms with van der Waals surface area (Å²) in [5.41, 5.74) is 1.49. The highest BCUT2D eigenvalue weighted by atomic mass is 79.9. The number of anilines is 2. The number of hydrogen-bond donors (Lipinski definition) is 1. The number of fused-ring (bicyclic) bond motifs is 1. The van der Waals surface area contributed by atoms with Crippen molar-refractivity contribution in [1.82, 2.24) is 4.98 Å². The zero-order chi connectivity index (χ0) is 12.6. The molecule has 2 aliphatic rings. The summed E-state index contributed by atoms with van der Waals surface area (Å²) < 4.78 is 1.04. The van der Waals surface area contributed by atoms with E-state index < -0.39 is 0 Å². The third-order valence-corrected chi connectivity index (χ3v) is 4.99. The number of aromatic nitrogens is 1. The fourth-order valence-electron chi connectivity index (χ4n) is 3.45. The second-order valence-corrected chi connectivity index (χ2v) is 6.46. The molecule has 0 bridgehead atoms.